The van der Waals surface area contributed by atoms with Crippen LogP contribution in [0.2, 0.25) is 0 Å². The van der Waals surface area contributed by atoms with Crippen molar-refractivity contribution in [3.8, 4) is 0 Å². The highest BCUT2D eigenvalue weighted by atomic mass is 16.3. The fourth-order valence-corrected chi connectivity index (χ4v) is 14.1. The van der Waals surface area contributed by atoms with Crippen molar-refractivity contribution < 1.29 is 4.42 Å². The van der Waals surface area contributed by atoms with Gasteiger partial charge in [0.05, 0.1) is 0 Å². The van der Waals surface area contributed by atoms with E-state index in [2.05, 4.69) is 270 Å². The zero-order valence-corrected chi connectivity index (χ0v) is 49.1. The minimum atomic E-state index is -0.0367. The van der Waals surface area contributed by atoms with Gasteiger partial charge in [0.2, 0.25) is 0 Å². The number of furan rings is 1. The molecule has 13 rings (SSSR count). The van der Waals surface area contributed by atoms with E-state index in [4.69, 9.17) is 4.42 Å². The predicted molar refractivity (Wildman–Crippen MR) is 335 cm³/mol. The second-order valence-corrected chi connectivity index (χ2v) is 28.5. The molecule has 2 aliphatic carbocycles. The second-order valence-electron chi connectivity index (χ2n) is 28.5. The van der Waals surface area contributed by atoms with Crippen molar-refractivity contribution in [1.29, 1.82) is 0 Å². The zero-order valence-electron chi connectivity index (χ0n) is 49.1. The van der Waals surface area contributed by atoms with Gasteiger partial charge < -0.3 is 19.1 Å². The van der Waals surface area contributed by atoms with Crippen LogP contribution in [0.3, 0.4) is 0 Å². The Bertz CT molecular complexity index is 3850. The Hall–Kier alpha value is -6.98. The van der Waals surface area contributed by atoms with Crippen molar-refractivity contribution in [3.63, 3.8) is 0 Å². The second kappa shape index (κ2) is 17.0. The van der Waals surface area contributed by atoms with Gasteiger partial charge in [0.15, 0.2) is 0 Å². The predicted octanol–water partition coefficient (Wildman–Crippen LogP) is 18.7. The average Bonchev–Trinajstić information content (AvgIpc) is 3.83. The van der Waals surface area contributed by atoms with Gasteiger partial charge in [-0.3, -0.25) is 0 Å². The number of hydrogen-bond acceptors (Lipinski definition) is 4. The summed E-state index contributed by atoms with van der Waals surface area (Å²) in [4.78, 5) is 7.75. The molecule has 394 valence electrons. The van der Waals surface area contributed by atoms with Crippen molar-refractivity contribution in [2.24, 2.45) is 0 Å². The number of anilines is 9. The van der Waals surface area contributed by atoms with Crippen LogP contribution in [0.1, 0.15) is 162 Å². The summed E-state index contributed by atoms with van der Waals surface area (Å²) in [5.74, 6) is 0. The lowest BCUT2D eigenvalue weighted by atomic mass is 9.33. The number of rotatable bonds is 5. The zero-order chi connectivity index (χ0) is 54.8. The Morgan fingerprint density at radius 3 is 1.47 bits per heavy atom. The van der Waals surface area contributed by atoms with E-state index >= 15 is 0 Å². The Balaban J connectivity index is 1.11. The van der Waals surface area contributed by atoms with E-state index < -0.39 is 0 Å². The molecular formula is C73H78BN3O. The summed E-state index contributed by atoms with van der Waals surface area (Å²) < 4.78 is 6.54. The summed E-state index contributed by atoms with van der Waals surface area (Å²) in [6, 6.07) is 59.1. The van der Waals surface area contributed by atoms with Gasteiger partial charge in [-0.15, -0.1) is 0 Å². The van der Waals surface area contributed by atoms with Crippen molar-refractivity contribution in [1.82, 2.24) is 0 Å². The summed E-state index contributed by atoms with van der Waals surface area (Å²) in [6.45, 7) is 35.8. The molecule has 0 amide bonds. The van der Waals surface area contributed by atoms with Gasteiger partial charge in [0.1, 0.15) is 11.2 Å². The van der Waals surface area contributed by atoms with Gasteiger partial charge in [-0.1, -0.05) is 158 Å². The maximum atomic E-state index is 6.54. The molecule has 3 heterocycles. The van der Waals surface area contributed by atoms with Gasteiger partial charge in [-0.05, 0) is 211 Å². The van der Waals surface area contributed by atoms with E-state index in [0.717, 1.165) is 64.0 Å². The van der Waals surface area contributed by atoms with Crippen LogP contribution in [0.15, 0.2) is 156 Å². The molecule has 4 nitrogen and oxygen atoms in total. The summed E-state index contributed by atoms with van der Waals surface area (Å²) in [6.07, 6.45) is 4.66. The Kier molecular flexibility index (Phi) is 11.0. The third kappa shape index (κ3) is 7.90. The van der Waals surface area contributed by atoms with Gasteiger partial charge in [-0.2, -0.15) is 0 Å². The first-order chi connectivity index (χ1) is 36.8. The lowest BCUT2D eigenvalue weighted by molar-refractivity contribution is 0.332. The van der Waals surface area contributed by atoms with Crippen LogP contribution >= 0.6 is 0 Å². The van der Waals surface area contributed by atoms with Gasteiger partial charge in [0, 0.05) is 62.0 Å². The number of nitrogens with zero attached hydrogens (tertiary/aromatic N) is 3. The Morgan fingerprint density at radius 1 is 0.423 bits per heavy atom. The van der Waals surface area contributed by atoms with Crippen LogP contribution < -0.4 is 31.1 Å². The molecule has 0 fully saturated rings. The smallest absolute Gasteiger partial charge is 0.252 e. The molecule has 4 aliphatic rings. The molecule has 0 saturated carbocycles. The van der Waals surface area contributed by atoms with E-state index in [1.807, 2.05) is 0 Å². The molecule has 0 N–H and O–H groups in total. The molecule has 1 aromatic heterocycles. The monoisotopic (exact) mass is 1020 g/mol. The molecule has 0 atom stereocenters. The Labute approximate surface area is 465 Å². The molecule has 78 heavy (non-hydrogen) atoms. The van der Waals surface area contributed by atoms with Crippen LogP contribution in [0.5, 0.6) is 0 Å². The SMILES string of the molecule is Cc1cc2c3c(c1)N(c1ccc4c(c1)C(C)(C)CCC4(C)C)c1cc4c(cc1B3c1ccc(N(c3ccc(C(C)(C)C)cc3)c3ccc(C(C)(C)C)cc3)cc1N2c1ccc2oc3ccccc3c2c1)C(C)(C)CCC4(C)C. The van der Waals surface area contributed by atoms with Crippen LogP contribution in [0.25, 0.3) is 21.9 Å². The maximum absolute atomic E-state index is 6.54. The fourth-order valence-electron chi connectivity index (χ4n) is 14.1. The topological polar surface area (TPSA) is 22.9 Å². The molecule has 0 saturated heterocycles. The van der Waals surface area contributed by atoms with Gasteiger partial charge in [0.25, 0.3) is 6.71 Å². The van der Waals surface area contributed by atoms with Crippen molar-refractivity contribution >= 4 is 96.2 Å². The minimum absolute atomic E-state index is 0.0181. The molecule has 9 aromatic rings. The normalized spacial score (nSPS) is 17.6. The van der Waals surface area contributed by atoms with Crippen molar-refractivity contribution in [2.45, 2.75) is 162 Å². The number of fused-ring (bicyclic) bond motifs is 9. The fraction of sp³-hybridized carbons (Fsp3) is 0.342. The van der Waals surface area contributed by atoms with Crippen molar-refractivity contribution in [3.05, 3.63) is 191 Å². The molecule has 0 unspecified atom stereocenters. The van der Waals surface area contributed by atoms with Crippen LogP contribution in [0, 0.1) is 6.92 Å². The lowest BCUT2D eigenvalue weighted by Crippen LogP contribution is -2.62. The highest BCUT2D eigenvalue weighted by molar-refractivity contribution is 7.00. The van der Waals surface area contributed by atoms with E-state index in [0.29, 0.717) is 0 Å². The molecule has 5 heteroatoms. The van der Waals surface area contributed by atoms with Crippen LogP contribution in [0.4, 0.5) is 51.2 Å². The first kappa shape index (κ1) is 50.5. The standard InChI is InChI=1S/C73H78BN3O/c1-45-38-63-67-64(39-45)77(51-28-31-55-56(41-51)71(10,11)35-34-70(55,8)9)62-44-58-57(72(12,13)36-37-73(58,14)15)43-60(62)74(67)59-32-29-52(42-61(59)76(63)50-30-33-66-54(40-50)53-18-16-17-19-65(53)78-66)75(48-24-20-46(21-25-48)68(2,3)4)49-26-22-47(23-27-49)69(5,6)7/h16-33,38-44H,34-37H2,1-15H3. The highest BCUT2D eigenvalue weighted by Crippen LogP contribution is 2.53. The molecule has 0 radical (unpaired) electrons. The molecule has 0 bridgehead atoms. The molecule has 8 aromatic carbocycles. The highest BCUT2D eigenvalue weighted by Gasteiger charge is 2.47. The van der Waals surface area contributed by atoms with E-state index in [-0.39, 0.29) is 39.2 Å². The van der Waals surface area contributed by atoms with Gasteiger partial charge in [-0.25, -0.2) is 0 Å². The van der Waals surface area contributed by atoms with Crippen LogP contribution in [-0.2, 0) is 32.5 Å². The molecule has 2 aliphatic heterocycles. The van der Waals surface area contributed by atoms with E-state index in [1.54, 1.807) is 0 Å². The van der Waals surface area contributed by atoms with E-state index in [1.165, 1.54) is 90.2 Å². The average molecular weight is 1020 g/mol. The molecular weight excluding hydrogens is 946 g/mol. The van der Waals surface area contributed by atoms with Crippen LogP contribution in [-0.4, -0.2) is 6.71 Å². The first-order valence-electron chi connectivity index (χ1n) is 28.9. The summed E-state index contributed by atoms with van der Waals surface area (Å²) in [7, 11) is 0. The summed E-state index contributed by atoms with van der Waals surface area (Å²) in [5.41, 5.74) is 26.6. The Morgan fingerprint density at radius 2 is 0.897 bits per heavy atom. The molecule has 0 spiro atoms. The number of para-hydroxylation sites is 1. The third-order valence-electron chi connectivity index (χ3n) is 19.1. The number of benzene rings is 8. The first-order valence-corrected chi connectivity index (χ1v) is 28.9. The largest absolute Gasteiger partial charge is 0.456 e. The maximum Gasteiger partial charge on any atom is 0.252 e. The third-order valence-corrected chi connectivity index (χ3v) is 19.1. The van der Waals surface area contributed by atoms with Crippen molar-refractivity contribution in [2.75, 3.05) is 14.7 Å². The van der Waals surface area contributed by atoms with Gasteiger partial charge >= 0.3 is 0 Å². The number of hydrogen-bond donors (Lipinski definition) is 0. The number of aryl methyl sites for hydroxylation is 1. The quantitative estimate of drug-likeness (QED) is 0.160. The van der Waals surface area contributed by atoms with E-state index in [9.17, 15) is 0 Å². The summed E-state index contributed by atoms with van der Waals surface area (Å²) >= 11 is 0. The summed E-state index contributed by atoms with van der Waals surface area (Å²) in [5, 5.41) is 2.24. The minimum Gasteiger partial charge on any atom is -0.456 e. The lowest BCUT2D eigenvalue weighted by Gasteiger charge is -2.48.